The van der Waals surface area contributed by atoms with Crippen LogP contribution in [0.25, 0.3) is 11.4 Å². The lowest BCUT2D eigenvalue weighted by atomic mass is 10.1. The van der Waals surface area contributed by atoms with Crippen molar-refractivity contribution in [1.82, 2.24) is 10.1 Å². The van der Waals surface area contributed by atoms with Gasteiger partial charge in [-0.3, -0.25) is 16.0 Å². The minimum absolute atomic E-state index is 0.0791. The molecular weight excluding hydrogens is 471 g/mol. The molecule has 1 saturated heterocycles. The number of benzene rings is 1. The van der Waals surface area contributed by atoms with Gasteiger partial charge in [0.05, 0.1) is 18.7 Å². The van der Waals surface area contributed by atoms with E-state index in [0.717, 1.165) is 51.0 Å². The zero-order valence-electron chi connectivity index (χ0n) is 19.7. The van der Waals surface area contributed by atoms with Crippen molar-refractivity contribution in [3.05, 3.63) is 29.7 Å². The molecule has 190 valence electrons. The molecule has 1 aliphatic heterocycles. The van der Waals surface area contributed by atoms with Crippen molar-refractivity contribution in [2.24, 2.45) is 11.5 Å². The number of aromatic nitrogens is 2. The molecule has 11 heteroatoms. The topological polar surface area (TPSA) is 103 Å². The molecule has 0 bridgehead atoms. The number of guanidine groups is 1. The zero-order valence-corrected chi connectivity index (χ0v) is 20.5. The number of halogens is 4. The number of rotatable bonds is 10. The van der Waals surface area contributed by atoms with Crippen LogP contribution in [0.5, 0.6) is 5.75 Å². The van der Waals surface area contributed by atoms with E-state index in [-0.39, 0.29) is 41.6 Å². The highest BCUT2D eigenvalue weighted by Gasteiger charge is 2.36. The standard InChI is InChI=1S/C22H30F3N5O2.CH3Cl/c1-2-3-4-5-6-7-13-31-18-11-10-15(14-16(18)22(23,24)25)19-28-20(32-29-19)17-9-8-12-30(17)21(26)27;1-2/h10-11,14,17H,2-9,12-13H2,1H3,(H3,26,27);1H3/p+1. The second-order valence-corrected chi connectivity index (χ2v) is 8.06. The predicted octanol–water partition coefficient (Wildman–Crippen LogP) is 5.47. The number of nitrogens with zero attached hydrogens (tertiary/aromatic N) is 3. The van der Waals surface area contributed by atoms with E-state index in [2.05, 4.69) is 28.7 Å². The van der Waals surface area contributed by atoms with Gasteiger partial charge in [0.15, 0.2) is 6.04 Å². The molecule has 0 radical (unpaired) electrons. The van der Waals surface area contributed by atoms with E-state index in [1.807, 2.05) is 0 Å². The second kappa shape index (κ2) is 13.4. The normalized spacial score (nSPS) is 15.7. The van der Waals surface area contributed by atoms with Crippen LogP contribution < -0.4 is 16.2 Å². The van der Waals surface area contributed by atoms with Crippen molar-refractivity contribution in [2.75, 3.05) is 19.5 Å². The van der Waals surface area contributed by atoms with Gasteiger partial charge in [-0.25, -0.2) is 0 Å². The molecule has 1 fully saturated rings. The number of unbranched alkanes of at least 4 members (excludes halogenated alkanes) is 5. The van der Waals surface area contributed by atoms with Crippen molar-refractivity contribution < 1.29 is 27.0 Å². The van der Waals surface area contributed by atoms with Gasteiger partial charge in [-0.2, -0.15) is 18.2 Å². The van der Waals surface area contributed by atoms with E-state index < -0.39 is 11.7 Å². The summed E-state index contributed by atoms with van der Waals surface area (Å²) < 4.78 is 53.5. The molecule has 34 heavy (non-hydrogen) atoms. The Labute approximate surface area is 203 Å². The highest BCUT2D eigenvalue weighted by molar-refractivity contribution is 6.15. The third-order valence-corrected chi connectivity index (χ3v) is 5.61. The van der Waals surface area contributed by atoms with Gasteiger partial charge in [-0.05, 0) is 37.5 Å². The van der Waals surface area contributed by atoms with Crippen LogP contribution in [0.3, 0.4) is 0 Å². The fourth-order valence-corrected chi connectivity index (χ4v) is 3.90. The van der Waals surface area contributed by atoms with Crippen LogP contribution in [0.4, 0.5) is 13.2 Å². The van der Waals surface area contributed by atoms with Crippen LogP contribution in [-0.4, -0.2) is 40.2 Å². The lowest BCUT2D eigenvalue weighted by Crippen LogP contribution is -2.35. The number of alkyl halides is 4. The first kappa shape index (κ1) is 27.8. The molecule has 4 N–H and O–H groups in total. The van der Waals surface area contributed by atoms with Crippen LogP contribution >= 0.6 is 11.6 Å². The van der Waals surface area contributed by atoms with Crippen molar-refractivity contribution in [2.45, 2.75) is 70.5 Å². The van der Waals surface area contributed by atoms with Gasteiger partial charge in [-0.15, -0.1) is 11.6 Å². The summed E-state index contributed by atoms with van der Waals surface area (Å²) in [5.74, 6) is 0.322. The van der Waals surface area contributed by atoms with Gasteiger partial charge in [0.1, 0.15) is 5.75 Å². The summed E-state index contributed by atoms with van der Waals surface area (Å²) in [5.41, 5.74) is 10.7. The van der Waals surface area contributed by atoms with Crippen LogP contribution in [-0.2, 0) is 6.18 Å². The van der Waals surface area contributed by atoms with Crippen LogP contribution in [0.1, 0.15) is 75.8 Å². The van der Waals surface area contributed by atoms with Crippen molar-refractivity contribution in [3.8, 4) is 17.1 Å². The molecule has 0 amide bonds. The Morgan fingerprint density at radius 2 is 1.88 bits per heavy atom. The molecule has 1 aromatic heterocycles. The number of hydrogen-bond donors (Lipinski definition) is 2. The first-order valence-corrected chi connectivity index (χ1v) is 12.3. The Morgan fingerprint density at radius 1 is 1.18 bits per heavy atom. The Bertz CT molecular complexity index is 930. The molecule has 0 aliphatic carbocycles. The Kier molecular flexibility index (Phi) is 10.9. The van der Waals surface area contributed by atoms with E-state index in [1.54, 1.807) is 4.58 Å². The third-order valence-electron chi connectivity index (χ3n) is 5.61. The molecule has 1 atom stereocenters. The highest BCUT2D eigenvalue weighted by atomic mass is 35.5. The monoisotopic (exact) mass is 504 g/mol. The first-order valence-electron chi connectivity index (χ1n) is 11.5. The summed E-state index contributed by atoms with van der Waals surface area (Å²) in [6, 6.07) is 3.55. The summed E-state index contributed by atoms with van der Waals surface area (Å²) in [6.45, 7) is 3.04. The van der Waals surface area contributed by atoms with E-state index in [9.17, 15) is 13.2 Å². The molecule has 1 aromatic carbocycles. The van der Waals surface area contributed by atoms with Gasteiger partial charge in [0, 0.05) is 11.9 Å². The molecule has 0 saturated carbocycles. The average molecular weight is 505 g/mol. The molecule has 7 nitrogen and oxygen atoms in total. The summed E-state index contributed by atoms with van der Waals surface area (Å²) in [7, 11) is 0. The summed E-state index contributed by atoms with van der Waals surface area (Å²) >= 11 is 4.64. The largest absolute Gasteiger partial charge is 0.493 e. The minimum atomic E-state index is -4.57. The molecule has 3 rings (SSSR count). The average Bonchev–Trinajstić information content (AvgIpc) is 3.49. The van der Waals surface area contributed by atoms with Crippen molar-refractivity contribution in [1.29, 1.82) is 0 Å². The SMILES string of the molecule is CCCCCCCCOc1ccc(-c2noc(C3CCC[N+]3=C(N)N)n2)cc1C(F)(F)F.CCl. The molecular formula is C23H34ClF3N5O2+. The lowest BCUT2D eigenvalue weighted by Gasteiger charge is -2.15. The lowest BCUT2D eigenvalue weighted by molar-refractivity contribution is -0.555. The van der Waals surface area contributed by atoms with E-state index in [4.69, 9.17) is 20.7 Å². The van der Waals surface area contributed by atoms with Crippen molar-refractivity contribution in [3.63, 3.8) is 0 Å². The fraction of sp³-hybridized carbons (Fsp3) is 0.609. The predicted molar refractivity (Wildman–Crippen MR) is 126 cm³/mol. The highest BCUT2D eigenvalue weighted by Crippen LogP contribution is 2.39. The Balaban J connectivity index is 0.00000199. The molecule has 2 aromatic rings. The van der Waals surface area contributed by atoms with Crippen LogP contribution in [0.15, 0.2) is 22.7 Å². The van der Waals surface area contributed by atoms with E-state index >= 15 is 0 Å². The van der Waals surface area contributed by atoms with Crippen LogP contribution in [0.2, 0.25) is 0 Å². The second-order valence-electron chi connectivity index (χ2n) is 8.06. The quantitative estimate of drug-likeness (QED) is 0.192. The van der Waals surface area contributed by atoms with Gasteiger partial charge in [-0.1, -0.05) is 44.2 Å². The van der Waals surface area contributed by atoms with Gasteiger partial charge in [0.2, 0.25) is 5.82 Å². The maximum atomic E-state index is 13.7. The zero-order chi connectivity index (χ0) is 25.1. The maximum Gasteiger partial charge on any atom is 0.419 e. The number of nitrogens with two attached hydrogens (primary N) is 2. The maximum absolute atomic E-state index is 13.7. The van der Waals surface area contributed by atoms with Crippen LogP contribution in [0, 0.1) is 0 Å². The molecule has 1 unspecified atom stereocenters. The van der Waals surface area contributed by atoms with E-state index in [0.29, 0.717) is 6.54 Å². The Hall–Kier alpha value is -2.49. The summed E-state index contributed by atoms with van der Waals surface area (Å²) in [6.07, 6.45) is 4.66. The molecule has 1 aliphatic rings. The summed E-state index contributed by atoms with van der Waals surface area (Å²) in [4.78, 5) is 4.31. The summed E-state index contributed by atoms with van der Waals surface area (Å²) in [5, 5.41) is 3.88. The Morgan fingerprint density at radius 3 is 2.56 bits per heavy atom. The van der Waals surface area contributed by atoms with Gasteiger partial charge in [0.25, 0.3) is 5.89 Å². The minimum Gasteiger partial charge on any atom is -0.493 e. The smallest absolute Gasteiger partial charge is 0.419 e. The molecule has 2 heterocycles. The fourth-order valence-electron chi connectivity index (χ4n) is 3.90. The first-order chi connectivity index (χ1) is 16.3. The van der Waals surface area contributed by atoms with Gasteiger partial charge >= 0.3 is 12.1 Å². The number of ether oxygens (including phenoxy) is 1. The molecule has 0 spiro atoms. The van der Waals surface area contributed by atoms with E-state index in [1.165, 1.54) is 24.9 Å². The third kappa shape index (κ3) is 7.51. The number of hydrogen-bond acceptors (Lipinski definition) is 4. The van der Waals surface area contributed by atoms with Crippen molar-refractivity contribution >= 4 is 17.6 Å². The van der Waals surface area contributed by atoms with Gasteiger partial charge < -0.3 is 9.26 Å².